The summed E-state index contributed by atoms with van der Waals surface area (Å²) in [6, 6.07) is 5.42. The number of likely N-dealkylation sites (N-methyl/N-ethyl adjacent to an activating group) is 1. The maximum Gasteiger partial charge on any atom is 0.325 e. The smallest absolute Gasteiger partial charge is 0.325 e. The predicted molar refractivity (Wildman–Crippen MR) is 118 cm³/mol. The molecule has 4 saturated carbocycles. The SMILES string of the molecule is COC(=O)CN(C)C(=O)c1cn2c(NC(=O)CC34CC5CC(CC(C5)C3)C4)cccc2n1. The molecule has 6 rings (SSSR count). The number of anilines is 1. The van der Waals surface area contributed by atoms with Gasteiger partial charge in [-0.2, -0.15) is 0 Å². The first-order chi connectivity index (χ1) is 15.3. The molecule has 4 bridgehead atoms. The van der Waals surface area contributed by atoms with Gasteiger partial charge in [0.2, 0.25) is 5.91 Å². The first kappa shape index (κ1) is 21.0. The van der Waals surface area contributed by atoms with Crippen molar-refractivity contribution in [2.24, 2.45) is 23.2 Å². The molecule has 1 N–H and O–H groups in total. The third kappa shape index (κ3) is 3.87. The van der Waals surface area contributed by atoms with Crippen LogP contribution in [-0.2, 0) is 14.3 Å². The minimum atomic E-state index is -0.498. The number of pyridine rings is 1. The summed E-state index contributed by atoms with van der Waals surface area (Å²) < 4.78 is 6.34. The summed E-state index contributed by atoms with van der Waals surface area (Å²) in [5, 5.41) is 3.07. The number of hydrogen-bond donors (Lipinski definition) is 1. The summed E-state index contributed by atoms with van der Waals surface area (Å²) in [5.74, 6) is 2.17. The maximum atomic E-state index is 13.1. The molecule has 0 atom stereocenters. The van der Waals surface area contributed by atoms with Crippen LogP contribution in [-0.4, -0.2) is 52.8 Å². The molecule has 2 heterocycles. The fourth-order valence-electron chi connectivity index (χ4n) is 6.78. The van der Waals surface area contributed by atoms with E-state index in [1.807, 2.05) is 12.1 Å². The highest BCUT2D eigenvalue weighted by Crippen LogP contribution is 2.61. The molecule has 0 aliphatic heterocycles. The topological polar surface area (TPSA) is 93.0 Å². The minimum Gasteiger partial charge on any atom is -0.468 e. The van der Waals surface area contributed by atoms with Gasteiger partial charge in [0.25, 0.3) is 5.91 Å². The Bertz CT molecular complexity index is 1040. The van der Waals surface area contributed by atoms with Crippen molar-refractivity contribution >= 4 is 29.2 Å². The van der Waals surface area contributed by atoms with E-state index >= 15 is 0 Å². The zero-order valence-corrected chi connectivity index (χ0v) is 18.7. The van der Waals surface area contributed by atoms with Gasteiger partial charge >= 0.3 is 5.97 Å². The van der Waals surface area contributed by atoms with E-state index in [2.05, 4.69) is 15.0 Å². The molecule has 2 aromatic heterocycles. The Morgan fingerprint density at radius 2 is 1.81 bits per heavy atom. The lowest BCUT2D eigenvalue weighted by molar-refractivity contribution is -0.141. The molecule has 0 unspecified atom stereocenters. The third-order valence-corrected chi connectivity index (χ3v) is 7.62. The van der Waals surface area contributed by atoms with Crippen LogP contribution in [0.25, 0.3) is 5.65 Å². The molecule has 8 heteroatoms. The van der Waals surface area contributed by atoms with Crippen molar-refractivity contribution in [3.05, 3.63) is 30.1 Å². The zero-order chi connectivity index (χ0) is 22.5. The fraction of sp³-hybridized carbons (Fsp3) is 0.583. The van der Waals surface area contributed by atoms with Crippen LogP contribution in [0.4, 0.5) is 5.82 Å². The van der Waals surface area contributed by atoms with E-state index in [9.17, 15) is 14.4 Å². The fourth-order valence-corrected chi connectivity index (χ4v) is 6.78. The summed E-state index contributed by atoms with van der Waals surface area (Å²) in [5.41, 5.74) is 0.936. The van der Waals surface area contributed by atoms with Gasteiger partial charge in [0.05, 0.1) is 7.11 Å². The molecule has 4 fully saturated rings. The van der Waals surface area contributed by atoms with Crippen LogP contribution < -0.4 is 5.32 Å². The van der Waals surface area contributed by atoms with Crippen molar-refractivity contribution in [2.45, 2.75) is 44.9 Å². The Morgan fingerprint density at radius 3 is 2.44 bits per heavy atom. The highest BCUT2D eigenvalue weighted by molar-refractivity contribution is 5.95. The van der Waals surface area contributed by atoms with Crippen LogP contribution >= 0.6 is 0 Å². The number of ether oxygens (including phenoxy) is 1. The van der Waals surface area contributed by atoms with Crippen LogP contribution in [0.1, 0.15) is 55.4 Å². The van der Waals surface area contributed by atoms with Crippen molar-refractivity contribution in [2.75, 3.05) is 26.0 Å². The van der Waals surface area contributed by atoms with Gasteiger partial charge in [-0.1, -0.05) is 6.07 Å². The molecule has 0 spiro atoms. The summed E-state index contributed by atoms with van der Waals surface area (Å²) in [6.45, 7) is -0.155. The Balaban J connectivity index is 1.31. The van der Waals surface area contributed by atoms with Crippen molar-refractivity contribution in [3.8, 4) is 0 Å². The number of carbonyl (C=O) groups excluding carboxylic acids is 3. The Labute approximate surface area is 187 Å². The van der Waals surface area contributed by atoms with E-state index in [-0.39, 0.29) is 29.5 Å². The lowest BCUT2D eigenvalue weighted by Gasteiger charge is -2.56. The van der Waals surface area contributed by atoms with E-state index in [0.717, 1.165) is 17.8 Å². The highest BCUT2D eigenvalue weighted by Gasteiger charge is 2.51. The lowest BCUT2D eigenvalue weighted by Crippen LogP contribution is -2.47. The summed E-state index contributed by atoms with van der Waals surface area (Å²) in [4.78, 5) is 42.9. The summed E-state index contributed by atoms with van der Waals surface area (Å²) >= 11 is 0. The first-order valence-corrected chi connectivity index (χ1v) is 11.4. The summed E-state index contributed by atoms with van der Waals surface area (Å²) in [7, 11) is 2.81. The number of carbonyl (C=O) groups is 3. The molecular weight excluding hydrogens is 408 g/mol. The number of aromatic nitrogens is 2. The second-order valence-electron chi connectivity index (χ2n) is 10.1. The predicted octanol–water partition coefficient (Wildman–Crippen LogP) is 3.12. The highest BCUT2D eigenvalue weighted by atomic mass is 16.5. The van der Waals surface area contributed by atoms with Gasteiger partial charge in [0, 0.05) is 19.7 Å². The second-order valence-corrected chi connectivity index (χ2v) is 10.1. The van der Waals surface area contributed by atoms with Crippen LogP contribution in [0.5, 0.6) is 0 Å². The number of rotatable bonds is 6. The lowest BCUT2D eigenvalue weighted by atomic mass is 9.49. The molecule has 4 aliphatic rings. The van der Waals surface area contributed by atoms with Crippen molar-refractivity contribution < 1.29 is 19.1 Å². The first-order valence-electron chi connectivity index (χ1n) is 11.4. The number of esters is 1. The summed E-state index contributed by atoms with van der Waals surface area (Å²) in [6.07, 6.45) is 9.80. The monoisotopic (exact) mass is 438 g/mol. The Kier molecular flexibility index (Phi) is 5.18. The van der Waals surface area contributed by atoms with Crippen molar-refractivity contribution in [1.29, 1.82) is 0 Å². The number of nitrogens with zero attached hydrogens (tertiary/aromatic N) is 3. The zero-order valence-electron chi connectivity index (χ0n) is 18.7. The van der Waals surface area contributed by atoms with Crippen LogP contribution in [0.3, 0.4) is 0 Å². The number of amides is 2. The van der Waals surface area contributed by atoms with E-state index in [0.29, 0.717) is 17.9 Å². The van der Waals surface area contributed by atoms with Crippen LogP contribution in [0.2, 0.25) is 0 Å². The molecule has 32 heavy (non-hydrogen) atoms. The molecule has 0 radical (unpaired) electrons. The number of nitrogens with one attached hydrogen (secondary N) is 1. The van der Waals surface area contributed by atoms with Gasteiger partial charge in [-0.15, -0.1) is 0 Å². The molecule has 8 nitrogen and oxygen atoms in total. The molecule has 0 aromatic carbocycles. The third-order valence-electron chi connectivity index (χ3n) is 7.62. The largest absolute Gasteiger partial charge is 0.468 e. The van der Waals surface area contributed by atoms with Crippen molar-refractivity contribution in [1.82, 2.24) is 14.3 Å². The van der Waals surface area contributed by atoms with Gasteiger partial charge in [-0.25, -0.2) is 4.98 Å². The van der Waals surface area contributed by atoms with Gasteiger partial charge in [0.1, 0.15) is 23.7 Å². The Hall–Kier alpha value is -2.90. The second kappa shape index (κ2) is 7.90. The number of methoxy groups -OCH3 is 1. The normalized spacial score (nSPS) is 28.0. The van der Waals surface area contributed by atoms with E-state index in [1.165, 1.54) is 57.6 Å². The number of imidazole rings is 1. The molecule has 4 aliphatic carbocycles. The number of fused-ring (bicyclic) bond motifs is 1. The van der Waals surface area contributed by atoms with Gasteiger partial charge in [-0.3, -0.25) is 18.8 Å². The van der Waals surface area contributed by atoms with Gasteiger partial charge < -0.3 is 15.0 Å². The van der Waals surface area contributed by atoms with Crippen molar-refractivity contribution in [3.63, 3.8) is 0 Å². The molecular formula is C24H30N4O4. The van der Waals surface area contributed by atoms with Crippen LogP contribution in [0, 0.1) is 23.2 Å². The Morgan fingerprint density at radius 1 is 1.16 bits per heavy atom. The minimum absolute atomic E-state index is 0.0313. The molecule has 2 amide bonds. The molecule has 170 valence electrons. The average Bonchev–Trinajstić information content (AvgIpc) is 3.17. The van der Waals surface area contributed by atoms with Crippen LogP contribution in [0.15, 0.2) is 24.4 Å². The molecule has 2 aromatic rings. The number of hydrogen-bond acceptors (Lipinski definition) is 5. The van der Waals surface area contributed by atoms with E-state index < -0.39 is 5.97 Å². The quantitative estimate of drug-likeness (QED) is 0.700. The maximum absolute atomic E-state index is 13.1. The average molecular weight is 439 g/mol. The standard InChI is InChI=1S/C24H30N4O4/c1-27(14-22(30)32-2)23(31)18-13-28-19(25-18)4-3-5-20(28)26-21(29)12-24-9-15-6-16(10-24)8-17(7-15)11-24/h3-5,13,15-17H,6-12,14H2,1-2H3,(H,26,29). The van der Waals surface area contributed by atoms with Gasteiger partial charge in [-0.05, 0) is 73.8 Å². The molecule has 0 saturated heterocycles. The van der Waals surface area contributed by atoms with Gasteiger partial charge in [0.15, 0.2) is 0 Å². The van der Waals surface area contributed by atoms with E-state index in [4.69, 9.17) is 0 Å². The van der Waals surface area contributed by atoms with E-state index in [1.54, 1.807) is 16.7 Å².